The van der Waals surface area contributed by atoms with Gasteiger partial charge in [-0.15, -0.1) is 0 Å². The number of aromatic nitrogens is 1. The van der Waals surface area contributed by atoms with E-state index in [0.29, 0.717) is 12.2 Å². The number of anilines is 1. The van der Waals surface area contributed by atoms with Gasteiger partial charge in [-0.1, -0.05) is 42.5 Å². The second kappa shape index (κ2) is 7.48. The highest BCUT2D eigenvalue weighted by Crippen LogP contribution is 2.29. The van der Waals surface area contributed by atoms with Crippen LogP contribution in [-0.4, -0.2) is 28.9 Å². The summed E-state index contributed by atoms with van der Waals surface area (Å²) in [5.41, 5.74) is 1.37. The lowest BCUT2D eigenvalue weighted by molar-refractivity contribution is -0.125. The first-order chi connectivity index (χ1) is 13.6. The van der Waals surface area contributed by atoms with Gasteiger partial charge in [-0.25, -0.2) is 9.69 Å². The topological polar surface area (TPSA) is 91.4 Å². The molecule has 0 unspecified atom stereocenters. The second-order valence-corrected chi connectivity index (χ2v) is 6.52. The molecule has 2 aromatic carbocycles. The molecule has 2 heterocycles. The Morgan fingerprint density at radius 1 is 1.07 bits per heavy atom. The molecule has 0 saturated carbocycles. The lowest BCUT2D eigenvalue weighted by atomic mass is 10.1. The first-order valence-corrected chi connectivity index (χ1v) is 8.91. The standard InChI is InChI=1S/C21H18N4O3/c26-19(23-13-14-5-4-10-22-12-14)11-17-20(27)25(21(28)24-17)18-9-3-7-15-6-1-2-8-16(15)18/h1-10,12,17H,11,13H2,(H,23,26)(H,24,28)/t17-/m1/s1. The predicted molar refractivity (Wildman–Crippen MR) is 104 cm³/mol. The molecule has 4 amide bonds. The number of carbonyl (C=O) groups excluding carboxylic acids is 3. The lowest BCUT2D eigenvalue weighted by Gasteiger charge is -2.15. The zero-order valence-corrected chi connectivity index (χ0v) is 15.0. The van der Waals surface area contributed by atoms with E-state index in [9.17, 15) is 14.4 Å². The van der Waals surface area contributed by atoms with Crippen molar-refractivity contribution in [1.82, 2.24) is 15.6 Å². The molecule has 0 spiro atoms. The van der Waals surface area contributed by atoms with Gasteiger partial charge in [-0.05, 0) is 23.1 Å². The van der Waals surface area contributed by atoms with Crippen LogP contribution in [0.1, 0.15) is 12.0 Å². The zero-order chi connectivity index (χ0) is 19.5. The quantitative estimate of drug-likeness (QED) is 0.671. The van der Waals surface area contributed by atoms with Crippen molar-refractivity contribution in [2.75, 3.05) is 4.90 Å². The molecular formula is C21H18N4O3. The second-order valence-electron chi connectivity index (χ2n) is 6.52. The van der Waals surface area contributed by atoms with Crippen LogP contribution < -0.4 is 15.5 Å². The van der Waals surface area contributed by atoms with Crippen molar-refractivity contribution in [3.05, 3.63) is 72.6 Å². The maximum absolute atomic E-state index is 12.8. The molecule has 7 nitrogen and oxygen atoms in total. The van der Waals surface area contributed by atoms with Crippen molar-refractivity contribution < 1.29 is 14.4 Å². The zero-order valence-electron chi connectivity index (χ0n) is 15.0. The van der Waals surface area contributed by atoms with Crippen molar-refractivity contribution in [2.24, 2.45) is 0 Å². The van der Waals surface area contributed by atoms with Crippen molar-refractivity contribution in [1.29, 1.82) is 0 Å². The summed E-state index contributed by atoms with van der Waals surface area (Å²) in [6, 6.07) is 15.2. The Morgan fingerprint density at radius 2 is 1.89 bits per heavy atom. The molecule has 1 aromatic heterocycles. The summed E-state index contributed by atoms with van der Waals surface area (Å²) in [5, 5.41) is 7.08. The minimum Gasteiger partial charge on any atom is -0.352 e. The summed E-state index contributed by atoms with van der Waals surface area (Å²) < 4.78 is 0. The molecule has 140 valence electrons. The van der Waals surface area contributed by atoms with E-state index in [1.807, 2.05) is 36.4 Å². The molecular weight excluding hydrogens is 356 g/mol. The van der Waals surface area contributed by atoms with Crippen LogP contribution in [0.5, 0.6) is 0 Å². The number of hydrogen-bond donors (Lipinski definition) is 2. The largest absolute Gasteiger partial charge is 0.352 e. The minimum absolute atomic E-state index is 0.119. The summed E-state index contributed by atoms with van der Waals surface area (Å²) in [7, 11) is 0. The SMILES string of the molecule is O=C(C[C@H]1NC(=O)N(c2cccc3ccccc23)C1=O)NCc1cccnc1. The average molecular weight is 374 g/mol. The molecule has 3 aromatic rings. The smallest absolute Gasteiger partial charge is 0.329 e. The molecule has 0 radical (unpaired) electrons. The molecule has 7 heteroatoms. The summed E-state index contributed by atoms with van der Waals surface area (Å²) in [4.78, 5) is 42.6. The number of pyridine rings is 1. The van der Waals surface area contributed by atoms with E-state index in [4.69, 9.17) is 0 Å². The van der Waals surface area contributed by atoms with Crippen molar-refractivity contribution in [3.63, 3.8) is 0 Å². The van der Waals surface area contributed by atoms with E-state index in [2.05, 4.69) is 15.6 Å². The number of amides is 4. The molecule has 1 fully saturated rings. The Balaban J connectivity index is 1.47. The Labute approximate surface area is 161 Å². The number of nitrogens with one attached hydrogen (secondary N) is 2. The van der Waals surface area contributed by atoms with E-state index < -0.39 is 18.0 Å². The lowest BCUT2D eigenvalue weighted by Crippen LogP contribution is -2.36. The number of benzene rings is 2. The summed E-state index contributed by atoms with van der Waals surface area (Å²) in [6.45, 7) is 0.314. The van der Waals surface area contributed by atoms with E-state index in [-0.39, 0.29) is 12.3 Å². The van der Waals surface area contributed by atoms with Crippen LogP contribution in [-0.2, 0) is 16.1 Å². The van der Waals surface area contributed by atoms with Gasteiger partial charge in [0.05, 0.1) is 12.1 Å². The van der Waals surface area contributed by atoms with Gasteiger partial charge in [0.15, 0.2) is 0 Å². The third kappa shape index (κ3) is 3.42. The van der Waals surface area contributed by atoms with Crippen LogP contribution in [0.15, 0.2) is 67.0 Å². The molecule has 2 N–H and O–H groups in total. The fourth-order valence-electron chi connectivity index (χ4n) is 3.26. The van der Waals surface area contributed by atoms with E-state index >= 15 is 0 Å². The Bertz CT molecular complexity index is 1050. The van der Waals surface area contributed by atoms with Gasteiger partial charge in [0.1, 0.15) is 6.04 Å². The van der Waals surface area contributed by atoms with Gasteiger partial charge in [-0.2, -0.15) is 0 Å². The van der Waals surface area contributed by atoms with Crippen LogP contribution >= 0.6 is 0 Å². The molecule has 1 atom stereocenters. The van der Waals surface area contributed by atoms with Crippen molar-refractivity contribution >= 4 is 34.3 Å². The number of nitrogens with zero attached hydrogens (tertiary/aromatic N) is 2. The maximum atomic E-state index is 12.8. The molecule has 28 heavy (non-hydrogen) atoms. The number of fused-ring (bicyclic) bond motifs is 1. The molecule has 0 bridgehead atoms. The Kier molecular flexibility index (Phi) is 4.72. The summed E-state index contributed by atoms with van der Waals surface area (Å²) >= 11 is 0. The first-order valence-electron chi connectivity index (χ1n) is 8.91. The summed E-state index contributed by atoms with van der Waals surface area (Å²) in [6.07, 6.45) is 3.19. The monoisotopic (exact) mass is 374 g/mol. The van der Waals surface area contributed by atoms with Crippen LogP contribution in [0.2, 0.25) is 0 Å². The molecule has 1 saturated heterocycles. The van der Waals surface area contributed by atoms with Gasteiger partial charge in [0, 0.05) is 24.3 Å². The fraction of sp³-hybridized carbons (Fsp3) is 0.143. The highest BCUT2D eigenvalue weighted by molar-refractivity contribution is 6.24. The highest BCUT2D eigenvalue weighted by atomic mass is 16.2. The number of hydrogen-bond acceptors (Lipinski definition) is 4. The van der Waals surface area contributed by atoms with Crippen LogP contribution in [0, 0.1) is 0 Å². The fourth-order valence-corrected chi connectivity index (χ4v) is 3.26. The number of carbonyl (C=O) groups is 3. The summed E-state index contributed by atoms with van der Waals surface area (Å²) in [5.74, 6) is -0.750. The normalized spacial score (nSPS) is 16.3. The molecule has 1 aliphatic heterocycles. The minimum atomic E-state index is -0.889. The predicted octanol–water partition coefficient (Wildman–Crippen LogP) is 2.37. The van der Waals surface area contributed by atoms with Gasteiger partial charge >= 0.3 is 6.03 Å². The van der Waals surface area contributed by atoms with E-state index in [1.165, 1.54) is 0 Å². The van der Waals surface area contributed by atoms with Crippen LogP contribution in [0.4, 0.5) is 10.5 Å². The molecule has 0 aliphatic carbocycles. The van der Waals surface area contributed by atoms with Gasteiger partial charge in [-0.3, -0.25) is 14.6 Å². The van der Waals surface area contributed by atoms with Gasteiger partial charge < -0.3 is 10.6 Å². The van der Waals surface area contributed by atoms with Gasteiger partial charge in [0.25, 0.3) is 5.91 Å². The van der Waals surface area contributed by atoms with Crippen molar-refractivity contribution in [3.8, 4) is 0 Å². The third-order valence-corrected chi connectivity index (χ3v) is 4.63. The van der Waals surface area contributed by atoms with Crippen molar-refractivity contribution in [2.45, 2.75) is 19.0 Å². The maximum Gasteiger partial charge on any atom is 0.329 e. The molecule has 4 rings (SSSR count). The van der Waals surface area contributed by atoms with Crippen LogP contribution in [0.25, 0.3) is 10.8 Å². The van der Waals surface area contributed by atoms with E-state index in [0.717, 1.165) is 21.2 Å². The highest BCUT2D eigenvalue weighted by Gasteiger charge is 2.40. The first kappa shape index (κ1) is 17.7. The van der Waals surface area contributed by atoms with Crippen LogP contribution in [0.3, 0.4) is 0 Å². The molecule has 1 aliphatic rings. The number of rotatable bonds is 5. The average Bonchev–Trinajstić information content (AvgIpc) is 2.99. The van der Waals surface area contributed by atoms with E-state index in [1.54, 1.807) is 30.6 Å². The van der Waals surface area contributed by atoms with Gasteiger partial charge in [0.2, 0.25) is 5.91 Å². The number of urea groups is 1. The Morgan fingerprint density at radius 3 is 2.71 bits per heavy atom. The number of imide groups is 1. The Hall–Kier alpha value is -3.74. The third-order valence-electron chi connectivity index (χ3n) is 4.63.